The molecule has 0 amide bonds. The fraction of sp³-hybridized carbons (Fsp3) is 0.154. The van der Waals surface area contributed by atoms with Crippen molar-refractivity contribution in [2.24, 2.45) is 0 Å². The molecule has 1 atom stereocenters. The van der Waals surface area contributed by atoms with Crippen molar-refractivity contribution in [3.8, 4) is 5.75 Å². The normalized spacial score (nSPS) is 17.7. The van der Waals surface area contributed by atoms with Gasteiger partial charge in [-0.15, -0.1) is 11.3 Å². The first-order valence-electron chi connectivity index (χ1n) is 5.22. The van der Waals surface area contributed by atoms with Crippen LogP contribution in [0.15, 0.2) is 35.7 Å². The molecule has 0 fully saturated rings. The number of ether oxygens (including phenoxy) is 2. The molecule has 17 heavy (non-hydrogen) atoms. The van der Waals surface area contributed by atoms with Gasteiger partial charge in [0.25, 0.3) is 0 Å². The van der Waals surface area contributed by atoms with Crippen LogP contribution in [-0.4, -0.2) is 13.1 Å². The number of carbonyl (C=O) groups is 1. The molecule has 4 heteroatoms. The lowest BCUT2D eigenvalue weighted by Crippen LogP contribution is -1.98. The molecule has 1 aliphatic heterocycles. The number of fused-ring (bicyclic) bond motifs is 1. The maximum absolute atomic E-state index is 11.7. The van der Waals surface area contributed by atoms with Gasteiger partial charge in [0.1, 0.15) is 5.75 Å². The van der Waals surface area contributed by atoms with Gasteiger partial charge >= 0.3 is 5.97 Å². The summed E-state index contributed by atoms with van der Waals surface area (Å²) in [5.74, 6) is 0.477. The summed E-state index contributed by atoms with van der Waals surface area (Å²) in [7, 11) is 1.61. The molecule has 3 rings (SSSR count). The zero-order valence-electron chi connectivity index (χ0n) is 9.17. The first kappa shape index (κ1) is 10.4. The highest BCUT2D eigenvalue weighted by Crippen LogP contribution is 2.39. The zero-order valence-corrected chi connectivity index (χ0v) is 9.99. The van der Waals surface area contributed by atoms with E-state index in [9.17, 15) is 4.79 Å². The zero-order chi connectivity index (χ0) is 11.8. The molecule has 1 unspecified atom stereocenters. The summed E-state index contributed by atoms with van der Waals surface area (Å²) < 4.78 is 10.6. The van der Waals surface area contributed by atoms with Gasteiger partial charge in [0.05, 0.1) is 12.7 Å². The van der Waals surface area contributed by atoms with Crippen molar-refractivity contribution in [1.29, 1.82) is 0 Å². The average Bonchev–Trinajstić information content (AvgIpc) is 2.97. The van der Waals surface area contributed by atoms with Gasteiger partial charge in [-0.1, -0.05) is 6.07 Å². The minimum absolute atomic E-state index is 0.263. The average molecular weight is 246 g/mol. The van der Waals surface area contributed by atoms with Crippen molar-refractivity contribution >= 4 is 17.3 Å². The molecule has 0 N–H and O–H groups in total. The largest absolute Gasteiger partial charge is 0.497 e. The summed E-state index contributed by atoms with van der Waals surface area (Å²) in [4.78, 5) is 12.7. The molecule has 2 aromatic rings. The van der Waals surface area contributed by atoms with Crippen LogP contribution in [0.3, 0.4) is 0 Å². The molecular formula is C13H10O3S. The SMILES string of the molecule is COc1ccc2c(c1)C(c1cccs1)OC2=O. The van der Waals surface area contributed by atoms with Gasteiger partial charge in [0.15, 0.2) is 6.10 Å². The number of cyclic esters (lactones) is 1. The van der Waals surface area contributed by atoms with Crippen molar-refractivity contribution in [2.45, 2.75) is 6.10 Å². The molecule has 0 spiro atoms. The number of carbonyl (C=O) groups excluding carboxylic acids is 1. The van der Waals surface area contributed by atoms with Crippen LogP contribution in [0, 0.1) is 0 Å². The summed E-state index contributed by atoms with van der Waals surface area (Å²) in [5.41, 5.74) is 1.51. The summed E-state index contributed by atoms with van der Waals surface area (Å²) in [6.45, 7) is 0. The van der Waals surface area contributed by atoms with Crippen LogP contribution in [-0.2, 0) is 4.74 Å². The van der Waals surface area contributed by atoms with Crippen molar-refractivity contribution in [3.63, 3.8) is 0 Å². The summed E-state index contributed by atoms with van der Waals surface area (Å²) >= 11 is 1.58. The minimum Gasteiger partial charge on any atom is -0.497 e. The predicted octanol–water partition coefficient (Wildman–Crippen LogP) is 3.02. The highest BCUT2D eigenvalue weighted by molar-refractivity contribution is 7.10. The number of hydrogen-bond donors (Lipinski definition) is 0. The third-order valence-electron chi connectivity index (χ3n) is 2.79. The second-order valence-corrected chi connectivity index (χ2v) is 4.73. The quantitative estimate of drug-likeness (QED) is 0.764. The molecule has 86 valence electrons. The van der Waals surface area contributed by atoms with Crippen LogP contribution in [0.25, 0.3) is 0 Å². The summed E-state index contributed by atoms with van der Waals surface area (Å²) in [6.07, 6.45) is -0.285. The minimum atomic E-state index is -0.285. The lowest BCUT2D eigenvalue weighted by atomic mass is 10.0. The van der Waals surface area contributed by atoms with E-state index in [4.69, 9.17) is 9.47 Å². The standard InChI is InChI=1S/C13H10O3S/c1-15-8-4-5-9-10(7-8)12(16-13(9)14)11-3-2-6-17-11/h2-7,12H,1H3. The van der Waals surface area contributed by atoms with Gasteiger partial charge in [-0.25, -0.2) is 4.79 Å². The second-order valence-electron chi connectivity index (χ2n) is 3.75. The second kappa shape index (κ2) is 3.89. The summed E-state index contributed by atoms with van der Waals surface area (Å²) in [5, 5.41) is 1.97. The Bertz CT molecular complexity index is 560. The van der Waals surface area contributed by atoms with Crippen LogP contribution in [0.5, 0.6) is 5.75 Å². The van der Waals surface area contributed by atoms with Gasteiger partial charge in [-0.2, -0.15) is 0 Å². The highest BCUT2D eigenvalue weighted by Gasteiger charge is 2.33. The third kappa shape index (κ3) is 1.61. The number of esters is 1. The lowest BCUT2D eigenvalue weighted by Gasteiger charge is -2.08. The van der Waals surface area contributed by atoms with E-state index in [2.05, 4.69) is 0 Å². The topological polar surface area (TPSA) is 35.5 Å². The van der Waals surface area contributed by atoms with Gasteiger partial charge in [0.2, 0.25) is 0 Å². The van der Waals surface area contributed by atoms with Crippen LogP contribution >= 0.6 is 11.3 Å². The molecule has 0 aliphatic carbocycles. The number of rotatable bonds is 2. The molecule has 0 saturated carbocycles. The number of hydrogen-bond acceptors (Lipinski definition) is 4. The highest BCUT2D eigenvalue weighted by atomic mass is 32.1. The summed E-state index contributed by atoms with van der Waals surface area (Å²) in [6, 6.07) is 9.31. The first-order valence-corrected chi connectivity index (χ1v) is 6.10. The van der Waals surface area contributed by atoms with Crippen LogP contribution in [0.4, 0.5) is 0 Å². The fourth-order valence-corrected chi connectivity index (χ4v) is 2.73. The molecule has 3 nitrogen and oxygen atoms in total. The van der Waals surface area contributed by atoms with Crippen molar-refractivity contribution in [1.82, 2.24) is 0 Å². The Morgan fingerprint density at radius 2 is 2.24 bits per heavy atom. The fourth-order valence-electron chi connectivity index (χ4n) is 1.96. The van der Waals surface area contributed by atoms with Gasteiger partial charge < -0.3 is 9.47 Å². The number of thiophene rings is 1. The Kier molecular flexibility index (Phi) is 2.37. The van der Waals surface area contributed by atoms with Crippen LogP contribution < -0.4 is 4.74 Å². The number of benzene rings is 1. The molecule has 1 aromatic heterocycles. The van der Waals surface area contributed by atoms with E-state index in [1.54, 1.807) is 30.6 Å². The van der Waals surface area contributed by atoms with Gasteiger partial charge in [0, 0.05) is 10.4 Å². The monoisotopic (exact) mass is 246 g/mol. The predicted molar refractivity (Wildman–Crippen MR) is 64.6 cm³/mol. The molecule has 1 aromatic carbocycles. The molecule has 1 aliphatic rings. The van der Waals surface area contributed by atoms with E-state index < -0.39 is 0 Å². The Morgan fingerprint density at radius 3 is 2.94 bits per heavy atom. The maximum Gasteiger partial charge on any atom is 0.339 e. The van der Waals surface area contributed by atoms with Crippen molar-refractivity contribution < 1.29 is 14.3 Å². The van der Waals surface area contributed by atoms with Gasteiger partial charge in [-0.3, -0.25) is 0 Å². The molecule has 0 bridgehead atoms. The van der Waals surface area contributed by atoms with Crippen LogP contribution in [0.1, 0.15) is 26.9 Å². The Labute approximate surface area is 103 Å². The van der Waals surface area contributed by atoms with E-state index in [0.29, 0.717) is 5.56 Å². The van der Waals surface area contributed by atoms with Crippen LogP contribution in [0.2, 0.25) is 0 Å². The van der Waals surface area contributed by atoms with E-state index in [0.717, 1.165) is 16.2 Å². The molecular weight excluding hydrogens is 236 g/mol. The number of methoxy groups -OCH3 is 1. The van der Waals surface area contributed by atoms with E-state index >= 15 is 0 Å². The third-order valence-corrected chi connectivity index (χ3v) is 3.70. The van der Waals surface area contributed by atoms with E-state index in [-0.39, 0.29) is 12.1 Å². The van der Waals surface area contributed by atoms with Crippen molar-refractivity contribution in [3.05, 3.63) is 51.7 Å². The molecule has 2 heterocycles. The Hall–Kier alpha value is -1.81. The lowest BCUT2D eigenvalue weighted by molar-refractivity contribution is 0.0461. The molecule has 0 radical (unpaired) electrons. The Balaban J connectivity index is 2.11. The first-order chi connectivity index (χ1) is 8.29. The van der Waals surface area contributed by atoms with Gasteiger partial charge in [-0.05, 0) is 29.6 Å². The van der Waals surface area contributed by atoms with E-state index in [1.807, 2.05) is 23.6 Å². The van der Waals surface area contributed by atoms with Crippen molar-refractivity contribution in [2.75, 3.05) is 7.11 Å². The Morgan fingerprint density at radius 1 is 1.35 bits per heavy atom. The molecule has 0 saturated heterocycles. The maximum atomic E-state index is 11.7. The van der Waals surface area contributed by atoms with E-state index in [1.165, 1.54) is 0 Å². The smallest absolute Gasteiger partial charge is 0.339 e.